The van der Waals surface area contributed by atoms with Crippen molar-refractivity contribution in [3.05, 3.63) is 83.2 Å². The van der Waals surface area contributed by atoms with E-state index in [0.29, 0.717) is 47.1 Å². The van der Waals surface area contributed by atoms with Crippen LogP contribution < -0.4 is 14.4 Å². The van der Waals surface area contributed by atoms with Crippen molar-refractivity contribution >= 4 is 17.6 Å². The summed E-state index contributed by atoms with van der Waals surface area (Å²) < 4.78 is 11.3. The number of fused-ring (bicyclic) bond motifs is 2. The number of anilines is 1. The second kappa shape index (κ2) is 7.43. The summed E-state index contributed by atoms with van der Waals surface area (Å²) in [4.78, 5) is 31.9. The molecule has 0 aliphatic carbocycles. The number of amides is 1. The van der Waals surface area contributed by atoms with Crippen molar-refractivity contribution < 1.29 is 24.2 Å². The van der Waals surface area contributed by atoms with Crippen LogP contribution in [-0.4, -0.2) is 35.2 Å². The Morgan fingerprint density at radius 1 is 1.06 bits per heavy atom. The van der Waals surface area contributed by atoms with Crippen molar-refractivity contribution in [2.24, 2.45) is 0 Å². The first-order valence-electron chi connectivity index (χ1n) is 10.0. The van der Waals surface area contributed by atoms with E-state index in [4.69, 9.17) is 9.47 Å². The molecule has 0 saturated carbocycles. The molecule has 0 radical (unpaired) electrons. The SMILES string of the molecule is Cc1cc(N2C(=O)c3ccccc3C(C(=O)O)C2c2ccc3c(c2)OCCO3)ccn1. The van der Waals surface area contributed by atoms with Gasteiger partial charge in [0, 0.05) is 23.1 Å². The predicted octanol–water partition coefficient (Wildman–Crippen LogP) is 3.73. The average Bonchev–Trinajstić information content (AvgIpc) is 2.78. The van der Waals surface area contributed by atoms with Crippen LogP contribution in [0.2, 0.25) is 0 Å². The summed E-state index contributed by atoms with van der Waals surface area (Å²) in [5, 5.41) is 10.3. The first-order valence-corrected chi connectivity index (χ1v) is 10.0. The topological polar surface area (TPSA) is 89.0 Å². The summed E-state index contributed by atoms with van der Waals surface area (Å²) in [6.45, 7) is 2.71. The smallest absolute Gasteiger partial charge is 0.313 e. The molecule has 3 heterocycles. The van der Waals surface area contributed by atoms with Gasteiger partial charge in [-0.15, -0.1) is 0 Å². The van der Waals surface area contributed by atoms with Gasteiger partial charge in [0.2, 0.25) is 0 Å². The zero-order valence-electron chi connectivity index (χ0n) is 16.8. The number of carboxylic acid groups (broad SMARTS) is 1. The zero-order valence-corrected chi connectivity index (χ0v) is 16.8. The number of aromatic nitrogens is 1. The van der Waals surface area contributed by atoms with Crippen LogP contribution in [0, 0.1) is 6.92 Å². The van der Waals surface area contributed by atoms with Gasteiger partial charge in [-0.25, -0.2) is 0 Å². The van der Waals surface area contributed by atoms with Crippen LogP contribution >= 0.6 is 0 Å². The van der Waals surface area contributed by atoms with E-state index in [0.717, 1.165) is 5.69 Å². The molecule has 1 amide bonds. The van der Waals surface area contributed by atoms with Crippen molar-refractivity contribution in [2.75, 3.05) is 18.1 Å². The molecule has 156 valence electrons. The summed E-state index contributed by atoms with van der Waals surface area (Å²) in [5.41, 5.74) is 2.88. The number of pyridine rings is 1. The van der Waals surface area contributed by atoms with Gasteiger partial charge in [0.1, 0.15) is 19.1 Å². The Balaban J connectivity index is 1.74. The van der Waals surface area contributed by atoms with E-state index in [1.54, 1.807) is 65.7 Å². The number of carbonyl (C=O) groups excluding carboxylic acids is 1. The Kier molecular flexibility index (Phi) is 4.58. The minimum Gasteiger partial charge on any atom is -0.486 e. The highest BCUT2D eigenvalue weighted by atomic mass is 16.6. The van der Waals surface area contributed by atoms with Gasteiger partial charge in [0.05, 0.1) is 6.04 Å². The molecule has 0 spiro atoms. The zero-order chi connectivity index (χ0) is 21.5. The lowest BCUT2D eigenvalue weighted by molar-refractivity contribution is -0.139. The molecule has 1 N–H and O–H groups in total. The fourth-order valence-electron chi connectivity index (χ4n) is 4.35. The Labute approximate surface area is 178 Å². The van der Waals surface area contributed by atoms with E-state index >= 15 is 0 Å². The lowest BCUT2D eigenvalue weighted by atomic mass is 9.79. The first kappa shape index (κ1) is 19.1. The maximum absolute atomic E-state index is 13.6. The third kappa shape index (κ3) is 3.18. The van der Waals surface area contributed by atoms with Crippen molar-refractivity contribution in [3.8, 4) is 11.5 Å². The molecule has 2 unspecified atom stereocenters. The Morgan fingerprint density at radius 3 is 2.61 bits per heavy atom. The summed E-state index contributed by atoms with van der Waals surface area (Å²) in [5.74, 6) is -1.06. The minimum atomic E-state index is -1.00. The van der Waals surface area contributed by atoms with Crippen LogP contribution in [0.15, 0.2) is 60.8 Å². The summed E-state index contributed by atoms with van der Waals surface area (Å²) in [6.07, 6.45) is 1.62. The van der Waals surface area contributed by atoms with Crippen LogP contribution in [-0.2, 0) is 4.79 Å². The van der Waals surface area contributed by atoms with Gasteiger partial charge in [0.15, 0.2) is 11.5 Å². The lowest BCUT2D eigenvalue weighted by Crippen LogP contribution is -2.45. The summed E-state index contributed by atoms with van der Waals surface area (Å²) >= 11 is 0. The number of benzene rings is 2. The molecule has 7 heteroatoms. The van der Waals surface area contributed by atoms with Gasteiger partial charge in [-0.2, -0.15) is 0 Å². The highest BCUT2D eigenvalue weighted by Crippen LogP contribution is 2.46. The normalized spacial score (nSPS) is 19.6. The standard InChI is InChI=1S/C24H20N2O5/c1-14-12-16(8-9-25-14)26-22(15-6-7-19-20(13-15)31-11-10-30-19)21(24(28)29)17-4-2-3-5-18(17)23(26)27/h2-9,12-13,21-22H,10-11H2,1H3,(H,28,29). The van der Waals surface area contributed by atoms with Gasteiger partial charge >= 0.3 is 5.97 Å². The second-order valence-electron chi connectivity index (χ2n) is 7.58. The van der Waals surface area contributed by atoms with Crippen LogP contribution in [0.4, 0.5) is 5.69 Å². The molecule has 0 saturated heterocycles. The molecule has 2 atom stereocenters. The number of carbonyl (C=O) groups is 2. The highest BCUT2D eigenvalue weighted by molar-refractivity contribution is 6.11. The van der Waals surface area contributed by atoms with E-state index < -0.39 is 17.9 Å². The number of hydrogen-bond donors (Lipinski definition) is 1. The van der Waals surface area contributed by atoms with Crippen molar-refractivity contribution in [1.29, 1.82) is 0 Å². The van der Waals surface area contributed by atoms with Crippen molar-refractivity contribution in [2.45, 2.75) is 18.9 Å². The molecule has 2 aliphatic rings. The number of ether oxygens (including phenoxy) is 2. The van der Waals surface area contributed by atoms with E-state index in [1.165, 1.54) is 0 Å². The second-order valence-corrected chi connectivity index (χ2v) is 7.58. The summed E-state index contributed by atoms with van der Waals surface area (Å²) in [6, 6.07) is 15.0. The van der Waals surface area contributed by atoms with E-state index in [2.05, 4.69) is 4.98 Å². The van der Waals surface area contributed by atoms with Crippen molar-refractivity contribution in [1.82, 2.24) is 4.98 Å². The number of aliphatic carboxylic acids is 1. The highest BCUT2D eigenvalue weighted by Gasteiger charge is 2.45. The van der Waals surface area contributed by atoms with Crippen LogP contribution in [0.1, 0.15) is 39.1 Å². The minimum absolute atomic E-state index is 0.251. The van der Waals surface area contributed by atoms with Gasteiger partial charge in [-0.3, -0.25) is 19.5 Å². The number of carboxylic acids is 1. The number of nitrogens with zero attached hydrogens (tertiary/aromatic N) is 2. The Morgan fingerprint density at radius 2 is 1.84 bits per heavy atom. The monoisotopic (exact) mass is 416 g/mol. The molecule has 0 fully saturated rings. The molecule has 31 heavy (non-hydrogen) atoms. The van der Waals surface area contributed by atoms with Crippen LogP contribution in [0.5, 0.6) is 11.5 Å². The molecule has 3 aromatic rings. The number of rotatable bonds is 3. The predicted molar refractivity (Wildman–Crippen MR) is 113 cm³/mol. The molecule has 7 nitrogen and oxygen atoms in total. The Hall–Kier alpha value is -3.87. The molecular weight excluding hydrogens is 396 g/mol. The summed E-state index contributed by atoms with van der Waals surface area (Å²) in [7, 11) is 0. The van der Waals surface area contributed by atoms with E-state index in [9.17, 15) is 14.7 Å². The number of aryl methyl sites for hydroxylation is 1. The van der Waals surface area contributed by atoms with Crippen LogP contribution in [0.3, 0.4) is 0 Å². The molecule has 0 bridgehead atoms. The molecule has 2 aromatic carbocycles. The van der Waals surface area contributed by atoms with Gasteiger partial charge < -0.3 is 14.6 Å². The third-order valence-corrected chi connectivity index (χ3v) is 5.67. The largest absolute Gasteiger partial charge is 0.486 e. The quantitative estimate of drug-likeness (QED) is 0.700. The fraction of sp³-hybridized carbons (Fsp3) is 0.208. The fourth-order valence-corrected chi connectivity index (χ4v) is 4.35. The maximum Gasteiger partial charge on any atom is 0.313 e. The Bertz CT molecular complexity index is 1190. The molecule has 5 rings (SSSR count). The van der Waals surface area contributed by atoms with Gasteiger partial charge in [0.25, 0.3) is 5.91 Å². The van der Waals surface area contributed by atoms with Crippen molar-refractivity contribution in [3.63, 3.8) is 0 Å². The first-order chi connectivity index (χ1) is 15.0. The van der Waals surface area contributed by atoms with Gasteiger partial charge in [-0.1, -0.05) is 24.3 Å². The molecular formula is C24H20N2O5. The van der Waals surface area contributed by atoms with E-state index in [1.807, 2.05) is 6.92 Å². The van der Waals surface area contributed by atoms with Gasteiger partial charge in [-0.05, 0) is 48.4 Å². The maximum atomic E-state index is 13.6. The van der Waals surface area contributed by atoms with Crippen LogP contribution in [0.25, 0.3) is 0 Å². The van der Waals surface area contributed by atoms with E-state index in [-0.39, 0.29) is 5.91 Å². The molecule has 1 aromatic heterocycles. The number of hydrogen-bond acceptors (Lipinski definition) is 5. The molecule has 2 aliphatic heterocycles. The lowest BCUT2D eigenvalue weighted by Gasteiger charge is -2.41. The average molecular weight is 416 g/mol. The third-order valence-electron chi connectivity index (χ3n) is 5.67.